The summed E-state index contributed by atoms with van der Waals surface area (Å²) in [5, 5.41) is 14.7. The van der Waals surface area contributed by atoms with Crippen LogP contribution in [0.25, 0.3) is 0 Å². The number of thioether (sulfide) groups is 1. The van der Waals surface area contributed by atoms with Gasteiger partial charge in [-0.25, -0.2) is 0 Å². The van der Waals surface area contributed by atoms with Gasteiger partial charge in [0.15, 0.2) is 0 Å². The van der Waals surface area contributed by atoms with Crippen molar-refractivity contribution in [1.29, 1.82) is 0 Å². The number of hydrogen-bond acceptors (Lipinski definition) is 3. The molecule has 142 valence electrons. The van der Waals surface area contributed by atoms with Crippen molar-refractivity contribution in [2.75, 3.05) is 11.1 Å². The van der Waals surface area contributed by atoms with Gasteiger partial charge in [-0.05, 0) is 53.5 Å². The molecule has 1 fully saturated rings. The van der Waals surface area contributed by atoms with E-state index in [4.69, 9.17) is 0 Å². The first-order valence-corrected chi connectivity index (χ1v) is 10.4. The summed E-state index contributed by atoms with van der Waals surface area (Å²) in [4.78, 5) is 0. The molecule has 1 atom stereocenters. The fourth-order valence-electron chi connectivity index (χ4n) is 3.82. The lowest BCUT2D eigenvalue weighted by Gasteiger charge is -2.44. The predicted octanol–water partition coefficient (Wildman–Crippen LogP) is 6.46. The molecule has 0 bridgehead atoms. The largest absolute Gasteiger partial charge is 0.506 e. The van der Waals surface area contributed by atoms with E-state index in [1.807, 2.05) is 6.07 Å². The first kappa shape index (κ1) is 20.5. The molecule has 1 aromatic rings. The van der Waals surface area contributed by atoms with Gasteiger partial charge in [-0.3, -0.25) is 0 Å². The van der Waals surface area contributed by atoms with Crippen molar-refractivity contribution in [2.24, 2.45) is 0 Å². The molecule has 1 aliphatic rings. The summed E-state index contributed by atoms with van der Waals surface area (Å²) >= 11 is 2.05. The maximum atomic E-state index is 10.9. The van der Waals surface area contributed by atoms with Gasteiger partial charge in [0.25, 0.3) is 0 Å². The van der Waals surface area contributed by atoms with Crippen LogP contribution in [-0.4, -0.2) is 21.1 Å². The van der Waals surface area contributed by atoms with Crippen molar-refractivity contribution in [3.8, 4) is 5.75 Å². The van der Waals surface area contributed by atoms with E-state index in [2.05, 4.69) is 85.5 Å². The van der Waals surface area contributed by atoms with Crippen LogP contribution >= 0.6 is 11.8 Å². The highest BCUT2D eigenvalue weighted by Gasteiger charge is 2.38. The van der Waals surface area contributed by atoms with Crippen molar-refractivity contribution in [3.05, 3.63) is 23.3 Å². The lowest BCUT2D eigenvalue weighted by atomic mass is 9.78. The van der Waals surface area contributed by atoms with Crippen LogP contribution in [0, 0.1) is 0 Å². The molecule has 1 aromatic carbocycles. The Kier molecular flexibility index (Phi) is 5.25. The molecular formula is C22H37NOS. The highest BCUT2D eigenvalue weighted by molar-refractivity contribution is 8.00. The minimum Gasteiger partial charge on any atom is -0.506 e. The zero-order chi connectivity index (χ0) is 19.3. The fourth-order valence-corrected chi connectivity index (χ4v) is 5.35. The number of benzene rings is 1. The van der Waals surface area contributed by atoms with E-state index in [0.717, 1.165) is 24.3 Å². The molecule has 0 spiro atoms. The number of hydrogen-bond donors (Lipinski definition) is 2. The van der Waals surface area contributed by atoms with Crippen LogP contribution in [0.15, 0.2) is 12.1 Å². The number of nitrogens with one attached hydrogen (secondary N) is 1. The Morgan fingerprint density at radius 2 is 1.60 bits per heavy atom. The zero-order valence-electron chi connectivity index (χ0n) is 17.6. The fraction of sp³-hybridized carbons (Fsp3) is 0.727. The Labute approximate surface area is 159 Å². The molecule has 2 rings (SSSR count). The molecule has 3 heteroatoms. The van der Waals surface area contributed by atoms with Crippen LogP contribution in [0.5, 0.6) is 5.75 Å². The van der Waals surface area contributed by atoms with E-state index in [1.165, 1.54) is 11.1 Å². The van der Waals surface area contributed by atoms with Crippen LogP contribution in [0.1, 0.15) is 86.3 Å². The average molecular weight is 364 g/mol. The van der Waals surface area contributed by atoms with Gasteiger partial charge in [0.1, 0.15) is 5.75 Å². The summed E-state index contributed by atoms with van der Waals surface area (Å²) in [6.07, 6.45) is 2.21. The van der Waals surface area contributed by atoms with Gasteiger partial charge in [-0.1, -0.05) is 61.5 Å². The average Bonchev–Trinajstić information content (AvgIpc) is 2.36. The molecule has 0 aliphatic carbocycles. The molecular weight excluding hydrogens is 326 g/mol. The van der Waals surface area contributed by atoms with Gasteiger partial charge >= 0.3 is 0 Å². The van der Waals surface area contributed by atoms with Gasteiger partial charge in [0, 0.05) is 10.3 Å². The van der Waals surface area contributed by atoms with Crippen molar-refractivity contribution in [3.63, 3.8) is 0 Å². The van der Waals surface area contributed by atoms with E-state index in [-0.39, 0.29) is 21.1 Å². The summed E-state index contributed by atoms with van der Waals surface area (Å²) in [7, 11) is 0. The van der Waals surface area contributed by atoms with Gasteiger partial charge in [0.2, 0.25) is 0 Å². The van der Waals surface area contributed by atoms with Crippen molar-refractivity contribution >= 4 is 17.4 Å². The molecule has 2 N–H and O–H groups in total. The van der Waals surface area contributed by atoms with Gasteiger partial charge in [-0.15, -0.1) is 0 Å². The lowest BCUT2D eigenvalue weighted by Crippen LogP contribution is -2.45. The van der Waals surface area contributed by atoms with Gasteiger partial charge in [-0.2, -0.15) is 11.8 Å². The third-order valence-corrected chi connectivity index (χ3v) is 6.51. The molecule has 0 amide bonds. The van der Waals surface area contributed by atoms with Crippen molar-refractivity contribution < 1.29 is 5.11 Å². The molecule has 2 nitrogen and oxygen atoms in total. The Hall–Kier alpha value is -0.830. The van der Waals surface area contributed by atoms with Crippen LogP contribution in [0.4, 0.5) is 5.69 Å². The van der Waals surface area contributed by atoms with Gasteiger partial charge < -0.3 is 10.4 Å². The van der Waals surface area contributed by atoms with Crippen LogP contribution in [0.2, 0.25) is 0 Å². The van der Waals surface area contributed by atoms with Crippen LogP contribution in [0.3, 0.4) is 0 Å². The van der Waals surface area contributed by atoms with Crippen molar-refractivity contribution in [1.82, 2.24) is 0 Å². The standard InChI is InChI=1S/C22H37NOS/c1-19(2,3)15-12-16(20(4,5)6)18(17(24)13-15)23-22(9)10-11-25-21(7,8)14-22/h12-13,23-24H,10-11,14H2,1-9H3. The molecule has 1 unspecified atom stereocenters. The second-order valence-corrected chi connectivity index (χ2v) is 12.4. The molecule has 0 aromatic heterocycles. The monoisotopic (exact) mass is 363 g/mol. The van der Waals surface area contributed by atoms with Crippen molar-refractivity contribution in [2.45, 2.75) is 96.3 Å². The molecule has 0 radical (unpaired) electrons. The maximum Gasteiger partial charge on any atom is 0.139 e. The number of aromatic hydroxyl groups is 1. The van der Waals surface area contributed by atoms with Gasteiger partial charge in [0.05, 0.1) is 5.69 Å². The van der Waals surface area contributed by atoms with Crippen LogP contribution < -0.4 is 5.32 Å². The summed E-state index contributed by atoms with van der Waals surface area (Å²) in [6, 6.07) is 4.23. The Bertz CT molecular complexity index is 637. The van der Waals surface area contributed by atoms with Crippen LogP contribution in [-0.2, 0) is 10.8 Å². The van der Waals surface area contributed by atoms with E-state index < -0.39 is 0 Å². The highest BCUT2D eigenvalue weighted by Crippen LogP contribution is 2.46. The second kappa shape index (κ2) is 6.40. The highest BCUT2D eigenvalue weighted by atomic mass is 32.2. The summed E-state index contributed by atoms with van der Waals surface area (Å²) in [6.45, 7) is 20.2. The number of phenols is 1. The van der Waals surface area contributed by atoms with E-state index in [0.29, 0.717) is 5.75 Å². The second-order valence-electron chi connectivity index (χ2n) is 10.6. The molecule has 1 heterocycles. The molecule has 1 saturated heterocycles. The molecule has 25 heavy (non-hydrogen) atoms. The van der Waals surface area contributed by atoms with E-state index in [9.17, 15) is 5.11 Å². The summed E-state index contributed by atoms with van der Waals surface area (Å²) in [5.41, 5.74) is 3.31. The normalized spacial score (nSPS) is 24.2. The maximum absolute atomic E-state index is 10.9. The van der Waals surface area contributed by atoms with E-state index >= 15 is 0 Å². The first-order chi connectivity index (χ1) is 11.1. The number of anilines is 1. The third-order valence-electron chi connectivity index (χ3n) is 5.18. The molecule has 1 aliphatic heterocycles. The molecule has 0 saturated carbocycles. The minimum absolute atomic E-state index is 0.00940. The Balaban J connectivity index is 2.50. The quantitative estimate of drug-likeness (QED) is 0.591. The Morgan fingerprint density at radius 1 is 1.00 bits per heavy atom. The summed E-state index contributed by atoms with van der Waals surface area (Å²) < 4.78 is 0.267. The SMILES string of the molecule is CC1(Nc2c(O)cc(C(C)(C)C)cc2C(C)(C)C)CCSC(C)(C)C1. The first-order valence-electron chi connectivity index (χ1n) is 9.43. The predicted molar refractivity (Wildman–Crippen MR) is 113 cm³/mol. The third kappa shape index (κ3) is 4.87. The lowest BCUT2D eigenvalue weighted by molar-refractivity contribution is 0.392. The Morgan fingerprint density at radius 3 is 2.08 bits per heavy atom. The van der Waals surface area contributed by atoms with E-state index in [1.54, 1.807) is 0 Å². The smallest absolute Gasteiger partial charge is 0.139 e. The number of rotatable bonds is 2. The summed E-state index contributed by atoms with van der Waals surface area (Å²) in [5.74, 6) is 1.54. The minimum atomic E-state index is -0.0314. The zero-order valence-corrected chi connectivity index (χ0v) is 18.4. The number of phenolic OH excluding ortho intramolecular Hbond substituents is 1. The topological polar surface area (TPSA) is 32.3 Å².